The number of hydrogen-bond acceptors (Lipinski definition) is 5. The molecular weight excluding hydrogens is 318 g/mol. The topological polar surface area (TPSA) is 48.0 Å². The highest BCUT2D eigenvalue weighted by Crippen LogP contribution is 2.44. The molecule has 2 aromatic carbocycles. The first kappa shape index (κ1) is 17.1. The van der Waals surface area contributed by atoms with Gasteiger partial charge in [0.2, 0.25) is 0 Å². The van der Waals surface area contributed by atoms with Crippen LogP contribution >= 0.6 is 0 Å². The van der Waals surface area contributed by atoms with Gasteiger partial charge in [0, 0.05) is 24.3 Å². The molecule has 0 bridgehead atoms. The molecule has 3 rings (SSSR count). The minimum absolute atomic E-state index is 0.386. The van der Waals surface area contributed by atoms with Gasteiger partial charge in [0.05, 0.1) is 14.2 Å². The summed E-state index contributed by atoms with van der Waals surface area (Å²) >= 11 is 0. The van der Waals surface area contributed by atoms with Gasteiger partial charge in [-0.15, -0.1) is 0 Å². The Kier molecular flexibility index (Phi) is 4.83. The molecule has 132 valence electrons. The van der Waals surface area contributed by atoms with E-state index in [1.165, 1.54) is 7.11 Å². The van der Waals surface area contributed by atoms with Crippen molar-refractivity contribution in [1.82, 2.24) is 0 Å². The molecule has 25 heavy (non-hydrogen) atoms. The van der Waals surface area contributed by atoms with Crippen molar-refractivity contribution in [3.05, 3.63) is 53.1 Å². The largest absolute Gasteiger partial charge is 0.493 e. The van der Waals surface area contributed by atoms with Gasteiger partial charge in [-0.05, 0) is 37.6 Å². The van der Waals surface area contributed by atoms with E-state index < -0.39 is 6.10 Å². The summed E-state index contributed by atoms with van der Waals surface area (Å²) in [6, 6.07) is 11.8. The van der Waals surface area contributed by atoms with Gasteiger partial charge < -0.3 is 19.1 Å². The third-order valence-corrected chi connectivity index (χ3v) is 4.61. The molecule has 1 aliphatic rings. The molecule has 0 N–H and O–H groups in total. The predicted octanol–water partition coefficient (Wildman–Crippen LogP) is 3.81. The van der Waals surface area contributed by atoms with Gasteiger partial charge >= 0.3 is 5.97 Å². The van der Waals surface area contributed by atoms with Crippen LogP contribution in [0, 0.1) is 0 Å². The quantitative estimate of drug-likeness (QED) is 0.748. The van der Waals surface area contributed by atoms with Crippen LogP contribution in [0.25, 0.3) is 0 Å². The summed E-state index contributed by atoms with van der Waals surface area (Å²) in [5, 5.41) is 0. The number of carbonyl (C=O) groups excluding carboxylic acids is 1. The van der Waals surface area contributed by atoms with Crippen LogP contribution in [-0.4, -0.2) is 33.3 Å². The van der Waals surface area contributed by atoms with E-state index in [0.717, 1.165) is 29.9 Å². The minimum atomic E-state index is -0.423. The van der Waals surface area contributed by atoms with E-state index in [1.807, 2.05) is 18.2 Å². The number of esters is 1. The number of anilines is 1. The second-order valence-electron chi connectivity index (χ2n) is 5.81. The third-order valence-electron chi connectivity index (χ3n) is 4.61. The Hall–Kier alpha value is -2.69. The number of carbonyl (C=O) groups is 1. The summed E-state index contributed by atoms with van der Waals surface area (Å²) in [5.74, 6) is 0.562. The Morgan fingerprint density at radius 3 is 2.24 bits per heavy atom. The molecule has 0 radical (unpaired) electrons. The Morgan fingerprint density at radius 1 is 1.00 bits per heavy atom. The van der Waals surface area contributed by atoms with Crippen LogP contribution in [0.5, 0.6) is 11.5 Å². The maximum absolute atomic E-state index is 12.4. The zero-order valence-electron chi connectivity index (χ0n) is 15.0. The minimum Gasteiger partial charge on any atom is -0.493 e. The second kappa shape index (κ2) is 7.05. The van der Waals surface area contributed by atoms with Crippen LogP contribution < -0.4 is 14.4 Å². The molecule has 1 heterocycles. The van der Waals surface area contributed by atoms with Gasteiger partial charge in [0.1, 0.15) is 5.56 Å². The van der Waals surface area contributed by atoms with E-state index >= 15 is 0 Å². The lowest BCUT2D eigenvalue weighted by Gasteiger charge is -2.21. The molecule has 5 heteroatoms. The van der Waals surface area contributed by atoms with Crippen molar-refractivity contribution in [1.29, 1.82) is 0 Å². The van der Waals surface area contributed by atoms with Crippen molar-refractivity contribution in [2.24, 2.45) is 0 Å². The maximum atomic E-state index is 12.4. The Bertz CT molecular complexity index is 766. The second-order valence-corrected chi connectivity index (χ2v) is 5.81. The number of rotatable bonds is 6. The normalized spacial score (nSPS) is 15.5. The SMILES string of the molecule is CCN(CC)c1ccc(C2OC(=O)c3c2ccc(OC)c3OC)cc1. The van der Waals surface area contributed by atoms with E-state index in [9.17, 15) is 4.79 Å². The number of methoxy groups -OCH3 is 2. The fourth-order valence-corrected chi connectivity index (χ4v) is 3.30. The molecule has 1 aliphatic heterocycles. The van der Waals surface area contributed by atoms with Gasteiger partial charge in [-0.25, -0.2) is 4.79 Å². The smallest absolute Gasteiger partial charge is 0.343 e. The van der Waals surface area contributed by atoms with E-state index in [-0.39, 0.29) is 5.97 Å². The average molecular weight is 341 g/mol. The van der Waals surface area contributed by atoms with E-state index in [4.69, 9.17) is 14.2 Å². The lowest BCUT2D eigenvalue weighted by molar-refractivity contribution is 0.0453. The number of cyclic esters (lactones) is 1. The van der Waals surface area contributed by atoms with Crippen molar-refractivity contribution in [3.8, 4) is 11.5 Å². The first-order valence-electron chi connectivity index (χ1n) is 8.45. The predicted molar refractivity (Wildman–Crippen MR) is 96.8 cm³/mol. The number of benzene rings is 2. The summed E-state index contributed by atoms with van der Waals surface area (Å²) in [7, 11) is 3.07. The van der Waals surface area contributed by atoms with Gasteiger partial charge in [0.15, 0.2) is 17.6 Å². The summed E-state index contributed by atoms with van der Waals surface area (Å²) in [5.41, 5.74) is 3.35. The van der Waals surface area contributed by atoms with Gasteiger partial charge in [0.25, 0.3) is 0 Å². The van der Waals surface area contributed by atoms with E-state index in [1.54, 1.807) is 13.2 Å². The van der Waals surface area contributed by atoms with Crippen LogP contribution in [-0.2, 0) is 4.74 Å². The molecule has 1 atom stereocenters. The van der Waals surface area contributed by atoms with Gasteiger partial charge in [-0.3, -0.25) is 0 Å². The highest BCUT2D eigenvalue weighted by Gasteiger charge is 2.36. The Labute approximate surface area is 148 Å². The summed E-state index contributed by atoms with van der Waals surface area (Å²) < 4.78 is 16.3. The van der Waals surface area contributed by atoms with Crippen molar-refractivity contribution < 1.29 is 19.0 Å². The average Bonchev–Trinajstić information content (AvgIpc) is 2.99. The molecule has 0 amide bonds. The van der Waals surface area contributed by atoms with Crippen LogP contribution in [0.15, 0.2) is 36.4 Å². The lowest BCUT2D eigenvalue weighted by atomic mass is 9.98. The van der Waals surface area contributed by atoms with Crippen LogP contribution in [0.4, 0.5) is 5.69 Å². The van der Waals surface area contributed by atoms with Crippen molar-refractivity contribution >= 4 is 11.7 Å². The molecule has 5 nitrogen and oxygen atoms in total. The van der Waals surface area contributed by atoms with Gasteiger partial charge in [-0.2, -0.15) is 0 Å². The highest BCUT2D eigenvalue weighted by atomic mass is 16.6. The molecule has 1 unspecified atom stereocenters. The number of nitrogens with zero attached hydrogens (tertiary/aromatic N) is 1. The van der Waals surface area contributed by atoms with Crippen LogP contribution in [0.2, 0.25) is 0 Å². The van der Waals surface area contributed by atoms with Gasteiger partial charge in [-0.1, -0.05) is 18.2 Å². The van der Waals surface area contributed by atoms with Crippen molar-refractivity contribution in [2.45, 2.75) is 20.0 Å². The molecule has 2 aromatic rings. The third kappa shape index (κ3) is 2.90. The van der Waals surface area contributed by atoms with E-state index in [2.05, 4.69) is 30.9 Å². The molecular formula is C20H23NO4. The molecule has 0 saturated heterocycles. The first-order chi connectivity index (χ1) is 12.1. The number of hydrogen-bond donors (Lipinski definition) is 0. The fourth-order valence-electron chi connectivity index (χ4n) is 3.30. The van der Waals surface area contributed by atoms with Crippen molar-refractivity contribution in [2.75, 3.05) is 32.2 Å². The fraction of sp³-hybridized carbons (Fsp3) is 0.350. The summed E-state index contributed by atoms with van der Waals surface area (Å²) in [6.45, 7) is 6.17. The molecule has 0 aliphatic carbocycles. The highest BCUT2D eigenvalue weighted by molar-refractivity contribution is 5.98. The van der Waals surface area contributed by atoms with E-state index in [0.29, 0.717) is 17.1 Å². The monoisotopic (exact) mass is 341 g/mol. The maximum Gasteiger partial charge on any atom is 0.343 e. The first-order valence-corrected chi connectivity index (χ1v) is 8.45. The molecule has 0 spiro atoms. The lowest BCUT2D eigenvalue weighted by Crippen LogP contribution is -2.21. The number of fused-ring (bicyclic) bond motifs is 1. The standard InChI is InChI=1S/C20H23NO4/c1-5-21(6-2)14-9-7-13(8-10-14)18-15-11-12-16(23-3)19(24-4)17(15)20(22)25-18/h7-12,18H,5-6H2,1-4H3. The molecule has 0 aromatic heterocycles. The van der Waals surface area contributed by atoms with Crippen LogP contribution in [0.3, 0.4) is 0 Å². The number of ether oxygens (including phenoxy) is 3. The molecule has 0 fully saturated rings. The Balaban J connectivity index is 1.98. The summed E-state index contributed by atoms with van der Waals surface area (Å²) in [4.78, 5) is 14.7. The summed E-state index contributed by atoms with van der Waals surface area (Å²) in [6.07, 6.45) is -0.423. The zero-order chi connectivity index (χ0) is 18.0. The Morgan fingerprint density at radius 2 is 1.68 bits per heavy atom. The van der Waals surface area contributed by atoms with Crippen LogP contribution in [0.1, 0.15) is 41.4 Å². The van der Waals surface area contributed by atoms with Crippen molar-refractivity contribution in [3.63, 3.8) is 0 Å². The zero-order valence-corrected chi connectivity index (χ0v) is 15.0. The molecule has 0 saturated carbocycles.